The van der Waals surface area contributed by atoms with Gasteiger partial charge in [0.25, 0.3) is 11.5 Å². The van der Waals surface area contributed by atoms with E-state index < -0.39 is 41.1 Å². The normalized spacial score (nSPS) is 9.75. The van der Waals surface area contributed by atoms with Crippen LogP contribution in [0.5, 0.6) is 5.88 Å². The van der Waals surface area contributed by atoms with Gasteiger partial charge in [-0.2, -0.15) is 0 Å². The molecule has 0 aliphatic carbocycles. The highest BCUT2D eigenvalue weighted by molar-refractivity contribution is 5.97. The summed E-state index contributed by atoms with van der Waals surface area (Å²) in [6.07, 6.45) is 0. The van der Waals surface area contributed by atoms with Crippen LogP contribution in [0.25, 0.3) is 0 Å². The molecule has 0 fully saturated rings. The van der Waals surface area contributed by atoms with Crippen molar-refractivity contribution in [3.63, 3.8) is 0 Å². The van der Waals surface area contributed by atoms with Crippen molar-refractivity contribution in [2.75, 3.05) is 6.54 Å². The zero-order valence-electron chi connectivity index (χ0n) is 7.73. The molecular formula is C7H7N3O6. The molecule has 0 saturated carbocycles. The second kappa shape index (κ2) is 4.29. The number of hydrogen-bond donors (Lipinski definition) is 5. The molecule has 0 saturated heterocycles. The van der Waals surface area contributed by atoms with Gasteiger partial charge in [0.1, 0.15) is 6.54 Å². The fourth-order valence-corrected chi connectivity index (χ4v) is 0.929. The minimum atomic E-state index is -1.31. The van der Waals surface area contributed by atoms with E-state index in [0.717, 1.165) is 0 Å². The molecule has 16 heavy (non-hydrogen) atoms. The fraction of sp³-hybridized carbons (Fsp3) is 0.143. The third-order valence-corrected chi connectivity index (χ3v) is 1.55. The van der Waals surface area contributed by atoms with Gasteiger partial charge in [0, 0.05) is 0 Å². The maximum absolute atomic E-state index is 11.2. The van der Waals surface area contributed by atoms with E-state index in [9.17, 15) is 19.2 Å². The van der Waals surface area contributed by atoms with Crippen molar-refractivity contribution in [1.29, 1.82) is 0 Å². The third-order valence-electron chi connectivity index (χ3n) is 1.55. The van der Waals surface area contributed by atoms with Crippen LogP contribution in [0.3, 0.4) is 0 Å². The standard InChI is InChI=1S/C7H7N3O6/c11-2(12)1-8-4(13)3-5(14)9-7(16)10-6(3)15/h1H2,(H,8,13)(H,11,12)(H3,9,10,14,15,16). The van der Waals surface area contributed by atoms with Gasteiger partial charge < -0.3 is 15.5 Å². The van der Waals surface area contributed by atoms with Crippen LogP contribution < -0.4 is 16.6 Å². The summed E-state index contributed by atoms with van der Waals surface area (Å²) in [6, 6.07) is 0. The molecule has 86 valence electrons. The van der Waals surface area contributed by atoms with Gasteiger partial charge >= 0.3 is 11.7 Å². The lowest BCUT2D eigenvalue weighted by molar-refractivity contribution is -0.135. The summed E-state index contributed by atoms with van der Waals surface area (Å²) >= 11 is 0. The first-order valence-corrected chi connectivity index (χ1v) is 3.97. The fourth-order valence-electron chi connectivity index (χ4n) is 0.929. The first kappa shape index (κ1) is 11.5. The Kier molecular flexibility index (Phi) is 3.09. The largest absolute Gasteiger partial charge is 0.494 e. The number of amides is 1. The molecule has 9 nitrogen and oxygen atoms in total. The van der Waals surface area contributed by atoms with Crippen molar-refractivity contribution in [1.82, 2.24) is 15.3 Å². The number of aliphatic carboxylic acids is 1. The van der Waals surface area contributed by atoms with Crippen molar-refractivity contribution in [3.05, 3.63) is 26.4 Å². The first-order valence-electron chi connectivity index (χ1n) is 3.97. The monoisotopic (exact) mass is 229 g/mol. The smallest absolute Gasteiger partial charge is 0.328 e. The molecule has 0 aromatic carbocycles. The van der Waals surface area contributed by atoms with E-state index in [4.69, 9.17) is 10.2 Å². The average Bonchev–Trinajstić information content (AvgIpc) is 2.12. The summed E-state index contributed by atoms with van der Waals surface area (Å²) in [5.41, 5.74) is -2.83. The number of carbonyl (C=O) groups is 2. The van der Waals surface area contributed by atoms with Crippen LogP contribution in [0.15, 0.2) is 9.59 Å². The highest BCUT2D eigenvalue weighted by Crippen LogP contribution is 2.03. The van der Waals surface area contributed by atoms with Gasteiger partial charge in [0.15, 0.2) is 5.56 Å². The van der Waals surface area contributed by atoms with E-state index in [0.29, 0.717) is 0 Å². The molecule has 1 heterocycles. The summed E-state index contributed by atoms with van der Waals surface area (Å²) in [5, 5.41) is 19.3. The molecule has 1 aromatic heterocycles. The summed E-state index contributed by atoms with van der Waals surface area (Å²) in [5.74, 6) is -3.33. The summed E-state index contributed by atoms with van der Waals surface area (Å²) in [7, 11) is 0. The van der Waals surface area contributed by atoms with Crippen LogP contribution in [0.2, 0.25) is 0 Å². The Hall–Kier alpha value is -2.58. The highest BCUT2D eigenvalue weighted by atomic mass is 16.4. The Bertz CT molecular complexity index is 542. The number of H-pyrrole nitrogens is 2. The molecule has 9 heteroatoms. The molecule has 1 amide bonds. The molecule has 0 spiro atoms. The maximum atomic E-state index is 11.2. The number of aromatic amines is 2. The number of aromatic nitrogens is 2. The zero-order chi connectivity index (χ0) is 12.3. The van der Waals surface area contributed by atoms with Crippen LogP contribution in [-0.2, 0) is 4.79 Å². The van der Waals surface area contributed by atoms with Crippen LogP contribution in [0, 0.1) is 0 Å². The summed E-state index contributed by atoms with van der Waals surface area (Å²) in [6.45, 7) is -0.711. The van der Waals surface area contributed by atoms with E-state index in [1.54, 1.807) is 9.97 Å². The predicted molar refractivity (Wildman–Crippen MR) is 49.3 cm³/mol. The lowest BCUT2D eigenvalue weighted by Crippen LogP contribution is -2.36. The predicted octanol–water partition coefficient (Wildman–Crippen LogP) is -2.42. The number of carboxylic acids is 1. The Morgan fingerprint density at radius 2 is 1.88 bits per heavy atom. The minimum Gasteiger partial charge on any atom is -0.494 e. The molecule has 1 rings (SSSR count). The third kappa shape index (κ3) is 2.47. The number of nitrogens with one attached hydrogen (secondary N) is 3. The van der Waals surface area contributed by atoms with E-state index in [2.05, 4.69) is 0 Å². The second-order valence-electron chi connectivity index (χ2n) is 2.71. The van der Waals surface area contributed by atoms with Crippen molar-refractivity contribution in [2.45, 2.75) is 0 Å². The SMILES string of the molecule is O=C(O)CNC(=O)c1c(O)[nH]c(=O)[nH]c1=O. The molecule has 0 unspecified atom stereocenters. The molecule has 0 aliphatic rings. The van der Waals surface area contributed by atoms with Gasteiger partial charge in [-0.25, -0.2) is 4.79 Å². The lowest BCUT2D eigenvalue weighted by Gasteiger charge is -2.02. The van der Waals surface area contributed by atoms with E-state index in [-0.39, 0.29) is 0 Å². The number of hydrogen-bond acceptors (Lipinski definition) is 5. The van der Waals surface area contributed by atoms with Gasteiger partial charge in [-0.15, -0.1) is 0 Å². The number of rotatable bonds is 3. The topological polar surface area (TPSA) is 152 Å². The van der Waals surface area contributed by atoms with Crippen molar-refractivity contribution < 1.29 is 19.8 Å². The Morgan fingerprint density at radius 3 is 2.38 bits per heavy atom. The maximum Gasteiger partial charge on any atom is 0.328 e. The molecule has 0 aliphatic heterocycles. The van der Waals surface area contributed by atoms with Crippen molar-refractivity contribution in [3.8, 4) is 5.88 Å². The van der Waals surface area contributed by atoms with Crippen LogP contribution >= 0.6 is 0 Å². The Labute approximate surface area is 86.7 Å². The second-order valence-corrected chi connectivity index (χ2v) is 2.71. The summed E-state index contributed by atoms with van der Waals surface area (Å²) < 4.78 is 0. The molecule has 0 bridgehead atoms. The van der Waals surface area contributed by atoms with Gasteiger partial charge in [-0.05, 0) is 0 Å². The summed E-state index contributed by atoms with van der Waals surface area (Å²) in [4.78, 5) is 46.6. The zero-order valence-corrected chi connectivity index (χ0v) is 7.73. The number of carbonyl (C=O) groups excluding carboxylic acids is 1. The molecular weight excluding hydrogens is 222 g/mol. The average molecular weight is 229 g/mol. The highest BCUT2D eigenvalue weighted by Gasteiger charge is 2.17. The van der Waals surface area contributed by atoms with E-state index >= 15 is 0 Å². The molecule has 0 radical (unpaired) electrons. The van der Waals surface area contributed by atoms with Gasteiger partial charge in [0.2, 0.25) is 5.88 Å². The van der Waals surface area contributed by atoms with Gasteiger partial charge in [-0.3, -0.25) is 24.4 Å². The van der Waals surface area contributed by atoms with Crippen LogP contribution in [0.1, 0.15) is 10.4 Å². The Morgan fingerprint density at radius 1 is 1.25 bits per heavy atom. The van der Waals surface area contributed by atoms with Crippen molar-refractivity contribution >= 4 is 11.9 Å². The number of aromatic hydroxyl groups is 1. The first-order chi connectivity index (χ1) is 7.41. The van der Waals surface area contributed by atoms with Gasteiger partial charge in [0.05, 0.1) is 0 Å². The van der Waals surface area contributed by atoms with Crippen molar-refractivity contribution in [2.24, 2.45) is 0 Å². The Balaban J connectivity index is 3.05. The van der Waals surface area contributed by atoms with E-state index in [1.165, 1.54) is 0 Å². The minimum absolute atomic E-state index is 0.711. The van der Waals surface area contributed by atoms with E-state index in [1.807, 2.05) is 5.32 Å². The van der Waals surface area contributed by atoms with Crippen LogP contribution in [-0.4, -0.2) is 38.6 Å². The molecule has 5 N–H and O–H groups in total. The quantitative estimate of drug-likeness (QED) is 0.389. The lowest BCUT2D eigenvalue weighted by atomic mass is 10.3. The molecule has 0 atom stereocenters. The van der Waals surface area contributed by atoms with Crippen LogP contribution in [0.4, 0.5) is 0 Å². The number of carboxylic acid groups (broad SMARTS) is 1. The van der Waals surface area contributed by atoms with Gasteiger partial charge in [-0.1, -0.05) is 0 Å². The molecule has 1 aromatic rings.